The molecular formula is C20H20N2O4. The van der Waals surface area contributed by atoms with Crippen molar-refractivity contribution in [3.63, 3.8) is 0 Å². The van der Waals surface area contributed by atoms with E-state index in [1.54, 1.807) is 6.07 Å². The minimum Gasteiger partial charge on any atom is -0.455 e. The molecule has 2 aromatic carbocycles. The Balaban J connectivity index is 1.43. The first-order valence-electron chi connectivity index (χ1n) is 8.44. The van der Waals surface area contributed by atoms with Crippen LogP contribution in [0.25, 0.3) is 11.0 Å². The Morgan fingerprint density at radius 1 is 1.12 bits per heavy atom. The Labute approximate surface area is 151 Å². The van der Waals surface area contributed by atoms with Gasteiger partial charge in [0.1, 0.15) is 5.69 Å². The maximum absolute atomic E-state index is 11.9. The Morgan fingerprint density at radius 3 is 2.65 bits per heavy atom. The van der Waals surface area contributed by atoms with Gasteiger partial charge in [-0.1, -0.05) is 54.5 Å². The maximum atomic E-state index is 11.9. The lowest BCUT2D eigenvalue weighted by molar-refractivity contribution is -0.147. The maximum Gasteiger partial charge on any atom is 0.312 e. The van der Waals surface area contributed by atoms with Crippen molar-refractivity contribution in [1.29, 1.82) is 0 Å². The van der Waals surface area contributed by atoms with E-state index in [4.69, 9.17) is 9.26 Å². The molecule has 134 valence electrons. The van der Waals surface area contributed by atoms with Crippen LogP contribution in [0, 0.1) is 0 Å². The molecule has 0 radical (unpaired) electrons. The average Bonchev–Trinajstić information content (AvgIpc) is 3.08. The monoisotopic (exact) mass is 352 g/mol. The van der Waals surface area contributed by atoms with Gasteiger partial charge in [-0.3, -0.25) is 9.59 Å². The molecule has 0 bridgehead atoms. The highest BCUT2D eigenvalue weighted by molar-refractivity contribution is 5.85. The second kappa shape index (κ2) is 8.29. The predicted octanol–water partition coefficient (Wildman–Crippen LogP) is 2.83. The van der Waals surface area contributed by atoms with Crippen molar-refractivity contribution in [3.05, 3.63) is 65.9 Å². The van der Waals surface area contributed by atoms with Gasteiger partial charge in [-0.05, 0) is 23.6 Å². The number of carbonyl (C=O) groups is 2. The number of esters is 1. The molecular weight excluding hydrogens is 332 g/mol. The molecule has 1 amide bonds. The molecule has 3 rings (SSSR count). The molecule has 1 atom stereocenters. The smallest absolute Gasteiger partial charge is 0.312 e. The van der Waals surface area contributed by atoms with Gasteiger partial charge in [0, 0.05) is 11.9 Å². The highest BCUT2D eigenvalue weighted by Gasteiger charge is 2.14. The molecule has 0 aliphatic carbocycles. The summed E-state index contributed by atoms with van der Waals surface area (Å²) in [5, 5.41) is 7.42. The average molecular weight is 352 g/mol. The van der Waals surface area contributed by atoms with E-state index < -0.39 is 5.97 Å². The van der Waals surface area contributed by atoms with E-state index in [9.17, 15) is 9.59 Å². The molecule has 0 aliphatic rings. The summed E-state index contributed by atoms with van der Waals surface area (Å²) in [7, 11) is 0. The van der Waals surface area contributed by atoms with E-state index >= 15 is 0 Å². The van der Waals surface area contributed by atoms with E-state index in [2.05, 4.69) is 10.5 Å². The summed E-state index contributed by atoms with van der Waals surface area (Å²) in [6.07, 6.45) is -0.0370. The topological polar surface area (TPSA) is 81.4 Å². The van der Waals surface area contributed by atoms with Gasteiger partial charge in [0.25, 0.3) is 5.91 Å². The van der Waals surface area contributed by atoms with Gasteiger partial charge in [-0.25, -0.2) is 0 Å². The number of carbonyl (C=O) groups excluding carboxylic acids is 2. The van der Waals surface area contributed by atoms with Crippen LogP contribution in [0.1, 0.15) is 24.1 Å². The molecule has 6 nitrogen and oxygen atoms in total. The van der Waals surface area contributed by atoms with E-state index in [-0.39, 0.29) is 24.9 Å². The number of nitrogens with one attached hydrogen (secondary N) is 1. The molecule has 0 unspecified atom stereocenters. The molecule has 0 aliphatic heterocycles. The summed E-state index contributed by atoms with van der Waals surface area (Å²) in [6.45, 7) is 2.20. The lowest BCUT2D eigenvalue weighted by Crippen LogP contribution is -2.31. The number of benzene rings is 2. The van der Waals surface area contributed by atoms with Crippen molar-refractivity contribution < 1.29 is 18.8 Å². The number of aromatic nitrogens is 1. The summed E-state index contributed by atoms with van der Waals surface area (Å²) in [4.78, 5) is 23.8. The third-order valence-corrected chi connectivity index (χ3v) is 4.10. The fourth-order valence-corrected chi connectivity index (χ4v) is 2.62. The Morgan fingerprint density at radius 2 is 1.85 bits per heavy atom. The zero-order chi connectivity index (χ0) is 18.4. The van der Waals surface area contributed by atoms with Gasteiger partial charge in [-0.2, -0.15) is 0 Å². The van der Waals surface area contributed by atoms with Gasteiger partial charge in [-0.15, -0.1) is 0 Å². The van der Waals surface area contributed by atoms with Crippen molar-refractivity contribution in [3.8, 4) is 0 Å². The molecule has 0 fully saturated rings. The van der Waals surface area contributed by atoms with Crippen LogP contribution in [0.4, 0.5) is 0 Å². The molecule has 0 spiro atoms. The fourth-order valence-electron chi connectivity index (χ4n) is 2.62. The Bertz CT molecular complexity index is 889. The van der Waals surface area contributed by atoms with Gasteiger partial charge in [0.2, 0.25) is 0 Å². The number of para-hydroxylation sites is 1. The third kappa shape index (κ3) is 4.47. The summed E-state index contributed by atoms with van der Waals surface area (Å²) < 4.78 is 10.2. The summed E-state index contributed by atoms with van der Waals surface area (Å²) >= 11 is 0. The SMILES string of the molecule is C[C@H](CNC(=O)COC(=O)Cc1noc2ccccc12)c1ccccc1. The summed E-state index contributed by atoms with van der Waals surface area (Å²) in [5.74, 6) is -0.668. The third-order valence-electron chi connectivity index (χ3n) is 4.10. The van der Waals surface area contributed by atoms with Crippen molar-refractivity contribution in [2.24, 2.45) is 0 Å². The van der Waals surface area contributed by atoms with Crippen LogP contribution in [-0.2, 0) is 20.7 Å². The largest absolute Gasteiger partial charge is 0.455 e. The number of rotatable bonds is 7. The first kappa shape index (κ1) is 17.7. The highest BCUT2D eigenvalue weighted by Crippen LogP contribution is 2.18. The van der Waals surface area contributed by atoms with Crippen LogP contribution in [0.2, 0.25) is 0 Å². The van der Waals surface area contributed by atoms with E-state index in [0.717, 1.165) is 10.9 Å². The van der Waals surface area contributed by atoms with Gasteiger partial charge >= 0.3 is 5.97 Å². The minimum absolute atomic E-state index is 0.0370. The molecule has 0 saturated carbocycles. The molecule has 1 N–H and O–H groups in total. The number of ether oxygens (including phenoxy) is 1. The zero-order valence-electron chi connectivity index (χ0n) is 14.5. The molecule has 3 aromatic rings. The van der Waals surface area contributed by atoms with Crippen LogP contribution >= 0.6 is 0 Å². The number of nitrogens with zero attached hydrogens (tertiary/aromatic N) is 1. The van der Waals surface area contributed by atoms with Crippen molar-refractivity contribution in [2.75, 3.05) is 13.2 Å². The van der Waals surface area contributed by atoms with Gasteiger partial charge in [0.15, 0.2) is 12.2 Å². The van der Waals surface area contributed by atoms with Gasteiger partial charge < -0.3 is 14.6 Å². The lowest BCUT2D eigenvalue weighted by Gasteiger charge is -2.13. The van der Waals surface area contributed by atoms with Crippen LogP contribution in [-0.4, -0.2) is 30.2 Å². The highest BCUT2D eigenvalue weighted by atomic mass is 16.5. The van der Waals surface area contributed by atoms with Crippen LogP contribution in [0.3, 0.4) is 0 Å². The summed E-state index contributed by atoms with van der Waals surface area (Å²) in [6, 6.07) is 17.2. The molecule has 6 heteroatoms. The van der Waals surface area contributed by atoms with E-state index in [1.807, 2.05) is 55.5 Å². The van der Waals surface area contributed by atoms with Gasteiger partial charge in [0.05, 0.1) is 6.42 Å². The first-order valence-corrected chi connectivity index (χ1v) is 8.44. The normalized spacial score (nSPS) is 11.9. The molecule has 1 heterocycles. The summed E-state index contributed by atoms with van der Waals surface area (Å²) in [5.41, 5.74) is 2.26. The molecule has 0 saturated heterocycles. The number of amides is 1. The van der Waals surface area contributed by atoms with Crippen molar-refractivity contribution >= 4 is 22.8 Å². The fraction of sp³-hybridized carbons (Fsp3) is 0.250. The first-order chi connectivity index (χ1) is 12.6. The number of hydrogen-bond acceptors (Lipinski definition) is 5. The number of hydrogen-bond donors (Lipinski definition) is 1. The van der Waals surface area contributed by atoms with Crippen LogP contribution in [0.15, 0.2) is 59.1 Å². The Kier molecular flexibility index (Phi) is 5.63. The molecule has 26 heavy (non-hydrogen) atoms. The van der Waals surface area contributed by atoms with Crippen LogP contribution in [0.5, 0.6) is 0 Å². The second-order valence-electron chi connectivity index (χ2n) is 6.08. The quantitative estimate of drug-likeness (QED) is 0.661. The van der Waals surface area contributed by atoms with E-state index in [1.165, 1.54) is 0 Å². The second-order valence-corrected chi connectivity index (χ2v) is 6.08. The minimum atomic E-state index is -0.518. The lowest BCUT2D eigenvalue weighted by atomic mass is 10.0. The standard InChI is InChI=1S/C20H20N2O4/c1-14(15-7-3-2-4-8-15)12-21-19(23)13-25-20(24)11-17-16-9-5-6-10-18(16)26-22-17/h2-10,14H,11-13H2,1H3,(H,21,23)/t14-/m1/s1. The zero-order valence-corrected chi connectivity index (χ0v) is 14.5. The Hall–Kier alpha value is -3.15. The van der Waals surface area contributed by atoms with E-state index in [0.29, 0.717) is 17.8 Å². The molecule has 1 aromatic heterocycles. The predicted molar refractivity (Wildman–Crippen MR) is 96.5 cm³/mol. The van der Waals surface area contributed by atoms with Crippen molar-refractivity contribution in [1.82, 2.24) is 10.5 Å². The van der Waals surface area contributed by atoms with Crippen molar-refractivity contribution in [2.45, 2.75) is 19.3 Å². The number of fused-ring (bicyclic) bond motifs is 1. The van der Waals surface area contributed by atoms with Crippen LogP contribution < -0.4 is 5.32 Å².